The maximum Gasteiger partial charge on any atom is 0.258 e. The second-order valence-corrected chi connectivity index (χ2v) is 4.18. The quantitative estimate of drug-likeness (QED) is 0.643. The number of nitrogens with zero attached hydrogens (tertiary/aromatic N) is 2. The number of amides is 1. The van der Waals surface area contributed by atoms with Crippen LogP contribution in [0, 0.1) is 6.92 Å². The first-order valence-corrected chi connectivity index (χ1v) is 5.59. The third kappa shape index (κ3) is 2.95. The van der Waals surface area contributed by atoms with Crippen molar-refractivity contribution in [1.82, 2.24) is 9.97 Å². The molecule has 0 aliphatic heterocycles. The monoisotopic (exact) mass is 262 g/mol. The molecule has 0 aliphatic rings. The van der Waals surface area contributed by atoms with E-state index in [-0.39, 0.29) is 17.0 Å². The van der Waals surface area contributed by atoms with Crippen molar-refractivity contribution in [3.8, 4) is 0 Å². The minimum absolute atomic E-state index is 0.160. The molecule has 1 amide bonds. The number of halogens is 1. The number of nitrogen functional groups attached to an aromatic ring is 1. The van der Waals surface area contributed by atoms with E-state index in [1.54, 1.807) is 18.2 Å². The third-order valence-corrected chi connectivity index (χ3v) is 2.42. The summed E-state index contributed by atoms with van der Waals surface area (Å²) in [6, 6.07) is 6.64. The zero-order chi connectivity index (χ0) is 13.1. The van der Waals surface area contributed by atoms with Gasteiger partial charge >= 0.3 is 0 Å². The molecule has 0 radical (unpaired) electrons. The Hall–Kier alpha value is -2.14. The van der Waals surface area contributed by atoms with Crippen LogP contribution in [0.4, 0.5) is 11.6 Å². The SMILES string of the molecule is Cc1cc(N)cc(C(=O)Nc2nccc(Cl)n2)c1. The van der Waals surface area contributed by atoms with Crippen molar-refractivity contribution in [2.75, 3.05) is 11.1 Å². The number of rotatable bonds is 2. The summed E-state index contributed by atoms with van der Waals surface area (Å²) in [5, 5.41) is 2.82. The summed E-state index contributed by atoms with van der Waals surface area (Å²) in [6.45, 7) is 1.86. The highest BCUT2D eigenvalue weighted by atomic mass is 35.5. The summed E-state index contributed by atoms with van der Waals surface area (Å²) in [6.07, 6.45) is 1.47. The molecule has 2 aromatic rings. The first-order chi connectivity index (χ1) is 8.54. The molecule has 0 spiro atoms. The Balaban J connectivity index is 2.22. The van der Waals surface area contributed by atoms with Crippen LogP contribution in [0.1, 0.15) is 15.9 Å². The number of benzene rings is 1. The first kappa shape index (κ1) is 12.3. The molecule has 1 aromatic heterocycles. The molecule has 92 valence electrons. The fourth-order valence-corrected chi connectivity index (χ4v) is 1.65. The lowest BCUT2D eigenvalue weighted by Crippen LogP contribution is -2.14. The molecular weight excluding hydrogens is 252 g/mol. The number of nitrogens with two attached hydrogens (primary N) is 1. The van der Waals surface area contributed by atoms with Crippen molar-refractivity contribution in [2.24, 2.45) is 0 Å². The van der Waals surface area contributed by atoms with Gasteiger partial charge < -0.3 is 5.73 Å². The molecule has 0 fully saturated rings. The molecule has 0 saturated heterocycles. The molecule has 0 saturated carbocycles. The van der Waals surface area contributed by atoms with E-state index >= 15 is 0 Å². The molecule has 18 heavy (non-hydrogen) atoms. The normalized spacial score (nSPS) is 10.1. The topological polar surface area (TPSA) is 80.9 Å². The van der Waals surface area contributed by atoms with E-state index in [0.29, 0.717) is 11.3 Å². The zero-order valence-electron chi connectivity index (χ0n) is 9.64. The van der Waals surface area contributed by atoms with Gasteiger partial charge in [0.1, 0.15) is 5.15 Å². The van der Waals surface area contributed by atoms with E-state index < -0.39 is 0 Å². The molecule has 1 aromatic carbocycles. The Morgan fingerprint density at radius 3 is 2.83 bits per heavy atom. The van der Waals surface area contributed by atoms with Gasteiger partial charge in [-0.25, -0.2) is 9.97 Å². The van der Waals surface area contributed by atoms with Crippen molar-refractivity contribution < 1.29 is 4.79 Å². The average Bonchev–Trinajstić information content (AvgIpc) is 2.27. The lowest BCUT2D eigenvalue weighted by molar-refractivity contribution is 0.102. The van der Waals surface area contributed by atoms with Gasteiger partial charge in [0, 0.05) is 17.4 Å². The van der Waals surface area contributed by atoms with E-state index in [9.17, 15) is 4.79 Å². The average molecular weight is 263 g/mol. The van der Waals surface area contributed by atoms with Gasteiger partial charge in [-0.15, -0.1) is 0 Å². The van der Waals surface area contributed by atoms with Crippen molar-refractivity contribution in [3.05, 3.63) is 46.7 Å². The second kappa shape index (κ2) is 5.01. The second-order valence-electron chi connectivity index (χ2n) is 3.79. The molecule has 0 aliphatic carbocycles. The fourth-order valence-electron chi connectivity index (χ4n) is 1.51. The number of carbonyl (C=O) groups excluding carboxylic acids is 1. The maximum absolute atomic E-state index is 11.9. The third-order valence-electron chi connectivity index (χ3n) is 2.21. The van der Waals surface area contributed by atoms with E-state index in [0.717, 1.165) is 5.56 Å². The van der Waals surface area contributed by atoms with Gasteiger partial charge in [-0.1, -0.05) is 11.6 Å². The molecule has 6 heteroatoms. The first-order valence-electron chi connectivity index (χ1n) is 5.21. The number of nitrogens with one attached hydrogen (secondary N) is 1. The van der Waals surface area contributed by atoms with Gasteiger partial charge in [0.25, 0.3) is 5.91 Å². The molecule has 5 nitrogen and oxygen atoms in total. The van der Waals surface area contributed by atoms with E-state index in [2.05, 4.69) is 15.3 Å². The van der Waals surface area contributed by atoms with Gasteiger partial charge in [-0.3, -0.25) is 10.1 Å². The predicted molar refractivity (Wildman–Crippen MR) is 70.6 cm³/mol. The van der Waals surface area contributed by atoms with Crippen LogP contribution in [0.15, 0.2) is 30.5 Å². The lowest BCUT2D eigenvalue weighted by Gasteiger charge is -2.05. The van der Waals surface area contributed by atoms with Crippen LogP contribution in [0.3, 0.4) is 0 Å². The number of hydrogen-bond acceptors (Lipinski definition) is 4. The molecule has 0 unspecified atom stereocenters. The number of anilines is 2. The van der Waals surface area contributed by atoms with Crippen LogP contribution in [-0.4, -0.2) is 15.9 Å². The largest absolute Gasteiger partial charge is 0.399 e. The summed E-state index contributed by atoms with van der Waals surface area (Å²) in [5.74, 6) is -0.166. The Morgan fingerprint density at radius 1 is 1.39 bits per heavy atom. The Labute approximate surface area is 109 Å². The number of aromatic nitrogens is 2. The number of aryl methyl sites for hydroxylation is 1. The van der Waals surface area contributed by atoms with E-state index in [1.165, 1.54) is 12.3 Å². The standard InChI is InChI=1S/C12H11ClN4O/c1-7-4-8(6-9(14)5-7)11(18)17-12-15-3-2-10(13)16-12/h2-6H,14H2,1H3,(H,15,16,17,18). The molecule has 0 atom stereocenters. The van der Waals surface area contributed by atoms with Gasteiger partial charge in [0.2, 0.25) is 5.95 Å². The van der Waals surface area contributed by atoms with Gasteiger partial charge in [-0.05, 0) is 36.8 Å². The highest BCUT2D eigenvalue weighted by Gasteiger charge is 2.09. The van der Waals surface area contributed by atoms with Gasteiger partial charge in [-0.2, -0.15) is 0 Å². The van der Waals surface area contributed by atoms with Gasteiger partial charge in [0.15, 0.2) is 0 Å². The van der Waals surface area contributed by atoms with Crippen molar-refractivity contribution in [1.29, 1.82) is 0 Å². The number of hydrogen-bond donors (Lipinski definition) is 2. The smallest absolute Gasteiger partial charge is 0.258 e. The minimum Gasteiger partial charge on any atom is -0.399 e. The molecular formula is C12H11ClN4O. The lowest BCUT2D eigenvalue weighted by atomic mass is 10.1. The van der Waals surface area contributed by atoms with Crippen molar-refractivity contribution in [3.63, 3.8) is 0 Å². The van der Waals surface area contributed by atoms with Crippen LogP contribution in [0.25, 0.3) is 0 Å². The zero-order valence-corrected chi connectivity index (χ0v) is 10.4. The fraction of sp³-hybridized carbons (Fsp3) is 0.0833. The Bertz CT molecular complexity index is 580. The van der Waals surface area contributed by atoms with Crippen LogP contribution in [0.2, 0.25) is 5.15 Å². The minimum atomic E-state index is -0.326. The van der Waals surface area contributed by atoms with Crippen LogP contribution < -0.4 is 11.1 Å². The summed E-state index contributed by atoms with van der Waals surface area (Å²) in [7, 11) is 0. The van der Waals surface area contributed by atoms with Crippen LogP contribution in [0.5, 0.6) is 0 Å². The van der Waals surface area contributed by atoms with Crippen molar-refractivity contribution >= 4 is 29.1 Å². The van der Waals surface area contributed by atoms with Crippen molar-refractivity contribution in [2.45, 2.75) is 6.92 Å². The van der Waals surface area contributed by atoms with Gasteiger partial charge in [0.05, 0.1) is 0 Å². The van der Waals surface area contributed by atoms with Crippen LogP contribution >= 0.6 is 11.6 Å². The number of carbonyl (C=O) groups is 1. The Kier molecular flexibility index (Phi) is 3.43. The van der Waals surface area contributed by atoms with E-state index in [4.69, 9.17) is 17.3 Å². The highest BCUT2D eigenvalue weighted by Crippen LogP contribution is 2.13. The maximum atomic E-state index is 11.9. The highest BCUT2D eigenvalue weighted by molar-refractivity contribution is 6.29. The van der Waals surface area contributed by atoms with Crippen LogP contribution in [-0.2, 0) is 0 Å². The predicted octanol–water partition coefficient (Wildman–Crippen LogP) is 2.27. The summed E-state index contributed by atoms with van der Waals surface area (Å²) >= 11 is 5.70. The summed E-state index contributed by atoms with van der Waals surface area (Å²) in [5.41, 5.74) is 7.58. The molecule has 1 heterocycles. The molecule has 2 rings (SSSR count). The Morgan fingerprint density at radius 2 is 2.17 bits per heavy atom. The summed E-state index contributed by atoms with van der Waals surface area (Å²) in [4.78, 5) is 19.7. The molecule has 0 bridgehead atoms. The molecule has 3 N–H and O–H groups in total. The summed E-state index contributed by atoms with van der Waals surface area (Å²) < 4.78 is 0. The van der Waals surface area contributed by atoms with E-state index in [1.807, 2.05) is 6.92 Å².